The fourth-order valence-corrected chi connectivity index (χ4v) is 6.45. The van der Waals surface area contributed by atoms with Gasteiger partial charge in [0.15, 0.2) is 34.7 Å². The molecular formula is C25H29N3O8. The van der Waals surface area contributed by atoms with Crippen LogP contribution in [0.25, 0.3) is 0 Å². The number of rotatable bonds is 3. The second kappa shape index (κ2) is 8.38. The monoisotopic (exact) mass is 499 g/mol. The minimum atomic E-state index is -2.65. The number of anilines is 2. The van der Waals surface area contributed by atoms with Gasteiger partial charge in [-0.3, -0.25) is 24.0 Å². The molecule has 2 saturated carbocycles. The van der Waals surface area contributed by atoms with E-state index in [1.807, 2.05) is 30.0 Å². The molecule has 2 unspecified atom stereocenters. The molecule has 0 spiro atoms. The molecule has 4 aliphatic rings. The van der Waals surface area contributed by atoms with E-state index >= 15 is 0 Å². The number of nitrogens with two attached hydrogens (primary N) is 1. The number of nitrogens with zero attached hydrogens (tertiary/aromatic N) is 2. The van der Waals surface area contributed by atoms with Gasteiger partial charge in [0.25, 0.3) is 0 Å². The average Bonchev–Trinajstić information content (AvgIpc) is 2.81. The minimum absolute atomic E-state index is 0.00475. The van der Waals surface area contributed by atoms with Crippen LogP contribution in [-0.2, 0) is 30.3 Å². The Morgan fingerprint density at radius 1 is 1.14 bits per heavy atom. The first-order valence-corrected chi connectivity index (χ1v) is 12.0. The van der Waals surface area contributed by atoms with Crippen molar-refractivity contribution in [2.75, 3.05) is 50.2 Å². The zero-order valence-corrected chi connectivity index (χ0v) is 20.2. The van der Waals surface area contributed by atoms with Crippen molar-refractivity contribution in [3.05, 3.63) is 17.2 Å². The molecule has 11 nitrogen and oxygen atoms in total. The van der Waals surface area contributed by atoms with Gasteiger partial charge in [0.2, 0.25) is 5.91 Å². The number of aromatic hydroxyl groups is 1. The maximum atomic E-state index is 13.9. The van der Waals surface area contributed by atoms with E-state index in [9.17, 15) is 34.2 Å². The van der Waals surface area contributed by atoms with Gasteiger partial charge < -0.3 is 30.5 Å². The number of phenols is 1. The molecule has 11 heteroatoms. The van der Waals surface area contributed by atoms with Crippen LogP contribution in [0.2, 0.25) is 0 Å². The van der Waals surface area contributed by atoms with E-state index in [0.29, 0.717) is 43.2 Å². The number of amides is 1. The van der Waals surface area contributed by atoms with Crippen LogP contribution >= 0.6 is 0 Å². The molecule has 1 saturated heterocycles. The van der Waals surface area contributed by atoms with Crippen LogP contribution in [0.5, 0.6) is 5.75 Å². The predicted octanol–water partition coefficient (Wildman–Crippen LogP) is -0.770. The highest BCUT2D eigenvalue weighted by Gasteiger charge is 2.66. The number of primary amides is 1. The van der Waals surface area contributed by atoms with Crippen LogP contribution in [0.1, 0.15) is 28.8 Å². The van der Waals surface area contributed by atoms with E-state index in [-0.39, 0.29) is 30.6 Å². The molecule has 1 aliphatic heterocycles. The third-order valence-electron chi connectivity index (χ3n) is 8.19. The average molecular weight is 500 g/mol. The van der Waals surface area contributed by atoms with Gasteiger partial charge in [0.1, 0.15) is 5.75 Å². The van der Waals surface area contributed by atoms with E-state index < -0.39 is 58.3 Å². The van der Waals surface area contributed by atoms with Gasteiger partial charge in [-0.2, -0.15) is 0 Å². The van der Waals surface area contributed by atoms with E-state index in [2.05, 4.69) is 0 Å². The highest BCUT2D eigenvalue weighted by molar-refractivity contribution is 6.31. The van der Waals surface area contributed by atoms with Gasteiger partial charge in [-0.25, -0.2) is 0 Å². The van der Waals surface area contributed by atoms with Gasteiger partial charge in [0.05, 0.1) is 30.4 Å². The van der Waals surface area contributed by atoms with Crippen LogP contribution in [0.4, 0.5) is 11.4 Å². The number of ether oxygens (including phenoxy) is 1. The summed E-state index contributed by atoms with van der Waals surface area (Å²) in [5.74, 6) is -10.1. The standard InChI is InChI=1S/C25H29N3O8/c1-27(2)14-10-15(28-3-5-36-6-4-28)20(30)18-13(14)8-11-7-12-9-16(29)19(24(26)34)23(33)25(12,35)22(32)17(11)21(18)31/h10-12,17,19,30,35H,3-9H2,1-2H3,(H2,26,34)/t11-,12+,17?,19?,25+/m1/s1. The first-order chi connectivity index (χ1) is 17.0. The molecule has 1 heterocycles. The predicted molar refractivity (Wildman–Crippen MR) is 126 cm³/mol. The Hall–Kier alpha value is -3.31. The third kappa shape index (κ3) is 3.29. The smallest absolute Gasteiger partial charge is 0.235 e. The Kier molecular flexibility index (Phi) is 5.68. The van der Waals surface area contributed by atoms with E-state index in [1.54, 1.807) is 0 Å². The molecule has 0 bridgehead atoms. The van der Waals surface area contributed by atoms with Crippen molar-refractivity contribution >= 4 is 40.4 Å². The number of hydrogen-bond donors (Lipinski definition) is 3. The second-order valence-corrected chi connectivity index (χ2v) is 10.4. The SMILES string of the molecule is CN(C)c1cc(N2CCOCC2)c(O)c2c1C[C@H]1C[C@H]3CC(=O)C(C(N)=O)C(=O)[C@@]3(O)C(=O)C1C2=O. The molecule has 5 atom stereocenters. The Morgan fingerprint density at radius 3 is 2.42 bits per heavy atom. The fraction of sp³-hybridized carbons (Fsp3) is 0.560. The van der Waals surface area contributed by atoms with Crippen molar-refractivity contribution < 1.29 is 38.9 Å². The van der Waals surface area contributed by atoms with Crippen molar-refractivity contribution in [2.24, 2.45) is 29.4 Å². The normalized spacial score (nSPS) is 32.0. The molecule has 1 amide bonds. The summed E-state index contributed by atoms with van der Waals surface area (Å²) in [7, 11) is 3.64. The van der Waals surface area contributed by atoms with Gasteiger partial charge in [-0.05, 0) is 30.4 Å². The van der Waals surface area contributed by atoms with Crippen molar-refractivity contribution in [1.82, 2.24) is 0 Å². The molecule has 3 aliphatic carbocycles. The number of ketones is 4. The molecule has 0 radical (unpaired) electrons. The number of morpholine rings is 1. The fourth-order valence-electron chi connectivity index (χ4n) is 6.45. The molecule has 1 aromatic rings. The molecule has 3 fully saturated rings. The molecule has 4 N–H and O–H groups in total. The Labute approximate surface area is 207 Å². The first kappa shape index (κ1) is 24.4. The number of fused-ring (bicyclic) bond motifs is 3. The number of carbonyl (C=O) groups is 5. The number of carbonyl (C=O) groups excluding carboxylic acids is 5. The summed E-state index contributed by atoms with van der Waals surface area (Å²) in [6, 6.07) is 1.82. The van der Waals surface area contributed by atoms with Gasteiger partial charge >= 0.3 is 0 Å². The lowest BCUT2D eigenvalue weighted by Gasteiger charge is -2.49. The minimum Gasteiger partial charge on any atom is -0.505 e. The van der Waals surface area contributed by atoms with Crippen molar-refractivity contribution in [3.8, 4) is 5.75 Å². The summed E-state index contributed by atoms with van der Waals surface area (Å²) in [6.45, 7) is 1.94. The Morgan fingerprint density at radius 2 is 1.81 bits per heavy atom. The number of phenolic OH excluding ortho intramolecular Hbond substituents is 1. The summed E-state index contributed by atoms with van der Waals surface area (Å²) >= 11 is 0. The molecule has 5 rings (SSSR count). The molecular weight excluding hydrogens is 470 g/mol. The summed E-state index contributed by atoms with van der Waals surface area (Å²) < 4.78 is 5.40. The first-order valence-electron chi connectivity index (χ1n) is 12.0. The Balaban J connectivity index is 1.62. The highest BCUT2D eigenvalue weighted by Crippen LogP contribution is 2.52. The van der Waals surface area contributed by atoms with E-state index in [4.69, 9.17) is 10.5 Å². The van der Waals surface area contributed by atoms with Gasteiger partial charge in [0, 0.05) is 45.2 Å². The number of benzene rings is 1. The Bertz CT molecular complexity index is 1200. The second-order valence-electron chi connectivity index (χ2n) is 10.4. The van der Waals surface area contributed by atoms with Crippen LogP contribution in [0, 0.1) is 23.7 Å². The van der Waals surface area contributed by atoms with Crippen molar-refractivity contribution in [1.29, 1.82) is 0 Å². The molecule has 192 valence electrons. The third-order valence-corrected chi connectivity index (χ3v) is 8.19. The summed E-state index contributed by atoms with van der Waals surface area (Å²) in [5.41, 5.74) is 4.33. The lowest BCUT2D eigenvalue weighted by atomic mass is 9.53. The maximum absolute atomic E-state index is 13.9. The zero-order valence-electron chi connectivity index (χ0n) is 20.2. The van der Waals surface area contributed by atoms with Gasteiger partial charge in [-0.15, -0.1) is 0 Å². The van der Waals surface area contributed by atoms with Crippen molar-refractivity contribution in [3.63, 3.8) is 0 Å². The molecule has 36 heavy (non-hydrogen) atoms. The van der Waals surface area contributed by atoms with Crippen LogP contribution in [0.3, 0.4) is 0 Å². The number of Topliss-reactive ketones (excluding diaryl/α,β-unsaturated/α-hetero) is 4. The molecule has 0 aromatic heterocycles. The van der Waals surface area contributed by atoms with E-state index in [1.165, 1.54) is 0 Å². The molecule has 1 aromatic carbocycles. The summed E-state index contributed by atoms with van der Waals surface area (Å²) in [5, 5.41) is 22.6. The maximum Gasteiger partial charge on any atom is 0.235 e. The van der Waals surface area contributed by atoms with Gasteiger partial charge in [-0.1, -0.05) is 0 Å². The number of hydrogen-bond acceptors (Lipinski definition) is 10. The highest BCUT2D eigenvalue weighted by atomic mass is 16.5. The van der Waals surface area contributed by atoms with Crippen molar-refractivity contribution in [2.45, 2.75) is 24.9 Å². The van der Waals surface area contributed by atoms with Crippen LogP contribution in [0.15, 0.2) is 6.07 Å². The summed E-state index contributed by atoms with van der Waals surface area (Å²) in [6.07, 6.45) is -0.0380. The lowest BCUT2D eigenvalue weighted by Crippen LogP contribution is -2.68. The van der Waals surface area contributed by atoms with Crippen LogP contribution in [-0.4, -0.2) is 85.3 Å². The topological polar surface area (TPSA) is 168 Å². The summed E-state index contributed by atoms with van der Waals surface area (Å²) in [4.78, 5) is 68.6. The lowest BCUT2D eigenvalue weighted by molar-refractivity contribution is -0.175. The largest absolute Gasteiger partial charge is 0.505 e. The van der Waals surface area contributed by atoms with E-state index in [0.717, 1.165) is 0 Å². The number of aliphatic hydroxyl groups is 1. The van der Waals surface area contributed by atoms with Crippen LogP contribution < -0.4 is 15.5 Å². The zero-order chi connectivity index (χ0) is 26.1. The quantitative estimate of drug-likeness (QED) is 0.449.